The van der Waals surface area contributed by atoms with Crippen LogP contribution in [0.5, 0.6) is 0 Å². The molecule has 1 saturated carbocycles. The van der Waals surface area contributed by atoms with Crippen LogP contribution >= 0.6 is 0 Å². The molecule has 118 valence electrons. The summed E-state index contributed by atoms with van der Waals surface area (Å²) >= 11 is 0. The third kappa shape index (κ3) is 2.47. The van der Waals surface area contributed by atoms with E-state index in [4.69, 9.17) is 0 Å². The summed E-state index contributed by atoms with van der Waals surface area (Å²) in [7, 11) is 1.88. The number of hydrogen-bond donors (Lipinski definition) is 0. The number of fused-ring (bicyclic) bond motifs is 4. The Labute approximate surface area is 132 Å². The Hall–Kier alpha value is -1.64. The van der Waals surface area contributed by atoms with Gasteiger partial charge in [0, 0.05) is 31.3 Å². The second-order valence-electron chi connectivity index (χ2n) is 6.89. The lowest BCUT2D eigenvalue weighted by molar-refractivity contribution is -0.140. The number of aryl methyl sites for hydroxylation is 1. The van der Waals surface area contributed by atoms with Crippen LogP contribution in [0.3, 0.4) is 0 Å². The minimum Gasteiger partial charge on any atom is -0.342 e. The highest BCUT2D eigenvalue weighted by molar-refractivity contribution is 5.86. The molecule has 0 radical (unpaired) electrons. The van der Waals surface area contributed by atoms with Gasteiger partial charge in [0.15, 0.2) is 0 Å². The summed E-state index contributed by atoms with van der Waals surface area (Å²) in [5, 5.41) is 0. The van der Waals surface area contributed by atoms with Crippen molar-refractivity contribution in [2.45, 2.75) is 51.5 Å². The highest BCUT2D eigenvalue weighted by Gasteiger charge is 2.48. The molecule has 3 aliphatic rings. The number of amides is 1. The van der Waals surface area contributed by atoms with Gasteiger partial charge in [-0.05, 0) is 37.7 Å². The summed E-state index contributed by atoms with van der Waals surface area (Å²) in [6, 6.07) is 8.59. The second-order valence-corrected chi connectivity index (χ2v) is 6.89. The Kier molecular flexibility index (Phi) is 4.07. The Morgan fingerprint density at radius 1 is 1.23 bits per heavy atom. The molecule has 2 bridgehead atoms. The molecular weight excluding hydrogens is 274 g/mol. The summed E-state index contributed by atoms with van der Waals surface area (Å²) in [5.41, 5.74) is 2.45. The summed E-state index contributed by atoms with van der Waals surface area (Å²) in [5.74, 6) is 0.758. The van der Waals surface area contributed by atoms with Gasteiger partial charge >= 0.3 is 0 Å². The Bertz CT molecular complexity index is 578. The van der Waals surface area contributed by atoms with Crippen LogP contribution in [0.4, 0.5) is 0 Å². The molecule has 3 heteroatoms. The minimum absolute atomic E-state index is 0.0471. The molecule has 2 heterocycles. The van der Waals surface area contributed by atoms with Crippen molar-refractivity contribution < 1.29 is 9.59 Å². The number of Topliss-reactive ketones (excluding diaryl/α,β-unsaturated/α-hetero) is 1. The van der Waals surface area contributed by atoms with Crippen LogP contribution in [-0.4, -0.2) is 29.7 Å². The van der Waals surface area contributed by atoms with Gasteiger partial charge in [0.2, 0.25) is 5.91 Å². The second kappa shape index (κ2) is 5.86. The zero-order valence-corrected chi connectivity index (χ0v) is 13.7. The molecule has 4 atom stereocenters. The molecule has 2 unspecified atom stereocenters. The van der Waals surface area contributed by atoms with E-state index in [9.17, 15) is 9.59 Å². The number of ketones is 1. The predicted octanol–water partition coefficient (Wildman–Crippen LogP) is 3.31. The Balaban J connectivity index is 2.04. The first kappa shape index (κ1) is 15.3. The van der Waals surface area contributed by atoms with Crippen LogP contribution < -0.4 is 0 Å². The molecule has 2 saturated heterocycles. The molecule has 3 nitrogen and oxygen atoms in total. The van der Waals surface area contributed by atoms with E-state index in [1.165, 1.54) is 11.1 Å². The third-order valence-electron chi connectivity index (χ3n) is 5.62. The lowest BCUT2D eigenvalue weighted by atomic mass is 9.77. The molecule has 3 fully saturated rings. The maximum Gasteiger partial charge on any atom is 0.225 e. The number of carbonyl (C=O) groups is 2. The van der Waals surface area contributed by atoms with Gasteiger partial charge in [0.05, 0.1) is 0 Å². The van der Waals surface area contributed by atoms with Gasteiger partial charge in [0.1, 0.15) is 5.78 Å². The van der Waals surface area contributed by atoms with E-state index in [-0.39, 0.29) is 29.7 Å². The van der Waals surface area contributed by atoms with Crippen LogP contribution in [0.1, 0.15) is 49.7 Å². The Morgan fingerprint density at radius 2 is 1.91 bits per heavy atom. The average Bonchev–Trinajstić information content (AvgIpc) is 2.77. The molecule has 4 rings (SSSR count). The van der Waals surface area contributed by atoms with Crippen molar-refractivity contribution in [2.24, 2.45) is 11.8 Å². The summed E-state index contributed by atoms with van der Waals surface area (Å²) in [6.07, 6.45) is 3.27. The van der Waals surface area contributed by atoms with Crippen molar-refractivity contribution in [1.82, 2.24) is 4.90 Å². The fraction of sp³-hybridized carbons (Fsp3) is 0.579. The van der Waals surface area contributed by atoms with Gasteiger partial charge in [-0.15, -0.1) is 0 Å². The van der Waals surface area contributed by atoms with Crippen molar-refractivity contribution in [3.63, 3.8) is 0 Å². The fourth-order valence-corrected chi connectivity index (χ4v) is 4.33. The quantitative estimate of drug-likeness (QED) is 0.858. The topological polar surface area (TPSA) is 37.4 Å². The molecule has 1 aromatic carbocycles. The third-order valence-corrected chi connectivity index (χ3v) is 5.62. The highest BCUT2D eigenvalue weighted by Crippen LogP contribution is 2.45. The van der Waals surface area contributed by atoms with Gasteiger partial charge in [-0.1, -0.05) is 36.8 Å². The average molecular weight is 299 g/mol. The maximum atomic E-state index is 12.7. The maximum absolute atomic E-state index is 12.7. The SMILES string of the molecule is CCC(=O)[C@@H]1C2CCC(C[C@@H]1c1ccc(C)cc1)C(=O)N2C. The molecule has 22 heavy (non-hydrogen) atoms. The smallest absolute Gasteiger partial charge is 0.225 e. The minimum atomic E-state index is -0.0471. The number of hydrogen-bond acceptors (Lipinski definition) is 2. The van der Waals surface area contributed by atoms with E-state index in [0.29, 0.717) is 12.2 Å². The Morgan fingerprint density at radius 3 is 2.55 bits per heavy atom. The zero-order valence-electron chi connectivity index (χ0n) is 13.7. The molecular formula is C19H25NO2. The van der Waals surface area contributed by atoms with Gasteiger partial charge in [-0.3, -0.25) is 9.59 Å². The highest BCUT2D eigenvalue weighted by atomic mass is 16.2. The lowest BCUT2D eigenvalue weighted by Crippen LogP contribution is -2.48. The van der Waals surface area contributed by atoms with E-state index in [1.807, 2.05) is 18.9 Å². The van der Waals surface area contributed by atoms with E-state index in [2.05, 4.69) is 31.2 Å². The van der Waals surface area contributed by atoms with Gasteiger partial charge < -0.3 is 4.90 Å². The molecule has 1 aromatic rings. The van der Waals surface area contributed by atoms with Gasteiger partial charge in [0.25, 0.3) is 0 Å². The fourth-order valence-electron chi connectivity index (χ4n) is 4.33. The van der Waals surface area contributed by atoms with Crippen LogP contribution in [0.25, 0.3) is 0 Å². The van der Waals surface area contributed by atoms with E-state index in [1.54, 1.807) is 0 Å². The summed E-state index contributed by atoms with van der Waals surface area (Å²) in [6.45, 7) is 4.01. The van der Waals surface area contributed by atoms with Crippen molar-refractivity contribution in [3.05, 3.63) is 35.4 Å². The predicted molar refractivity (Wildman–Crippen MR) is 86.6 cm³/mol. The van der Waals surface area contributed by atoms with E-state index < -0.39 is 0 Å². The molecule has 0 aromatic heterocycles. The van der Waals surface area contributed by atoms with Crippen molar-refractivity contribution in [1.29, 1.82) is 0 Å². The van der Waals surface area contributed by atoms with Crippen molar-refractivity contribution in [2.75, 3.05) is 7.05 Å². The first-order valence-electron chi connectivity index (χ1n) is 8.38. The zero-order chi connectivity index (χ0) is 15.9. The summed E-state index contributed by atoms with van der Waals surface area (Å²) in [4.78, 5) is 27.0. The molecule has 0 N–H and O–H groups in total. The van der Waals surface area contributed by atoms with Crippen LogP contribution in [0.15, 0.2) is 24.3 Å². The first-order valence-corrected chi connectivity index (χ1v) is 8.38. The van der Waals surface area contributed by atoms with Gasteiger partial charge in [-0.2, -0.15) is 0 Å². The van der Waals surface area contributed by atoms with E-state index >= 15 is 0 Å². The number of piperidine rings is 1. The van der Waals surface area contributed by atoms with Gasteiger partial charge in [-0.25, -0.2) is 0 Å². The van der Waals surface area contributed by atoms with Crippen LogP contribution in [0.2, 0.25) is 0 Å². The molecule has 2 aliphatic heterocycles. The number of benzene rings is 1. The summed E-state index contributed by atoms with van der Waals surface area (Å²) < 4.78 is 0. The van der Waals surface area contributed by atoms with Crippen LogP contribution in [-0.2, 0) is 9.59 Å². The lowest BCUT2D eigenvalue weighted by Gasteiger charge is -2.37. The normalized spacial score (nSPS) is 31.2. The molecule has 1 amide bonds. The van der Waals surface area contributed by atoms with Crippen molar-refractivity contribution in [3.8, 4) is 0 Å². The van der Waals surface area contributed by atoms with Crippen LogP contribution in [0, 0.1) is 18.8 Å². The van der Waals surface area contributed by atoms with Crippen molar-refractivity contribution >= 4 is 11.7 Å². The number of nitrogens with zero attached hydrogens (tertiary/aromatic N) is 1. The molecule has 1 aliphatic carbocycles. The monoisotopic (exact) mass is 299 g/mol. The van der Waals surface area contributed by atoms with E-state index in [0.717, 1.165) is 19.3 Å². The number of carbonyl (C=O) groups excluding carboxylic acids is 2. The first-order chi connectivity index (χ1) is 10.5. The standard InChI is InChI=1S/C19H25NO2/c1-4-17(21)18-15(13-7-5-12(2)6-8-13)11-14-9-10-16(18)20(3)19(14)22/h5-8,14-16,18H,4,9-11H2,1-3H3/t14?,15-,16?,18+/m1/s1. The number of rotatable bonds is 3. The largest absolute Gasteiger partial charge is 0.342 e. The molecule has 0 spiro atoms.